The summed E-state index contributed by atoms with van der Waals surface area (Å²) in [5.41, 5.74) is 0. The van der Waals surface area contributed by atoms with E-state index in [0.717, 1.165) is 25.2 Å². The van der Waals surface area contributed by atoms with Crippen LogP contribution in [0.3, 0.4) is 0 Å². The summed E-state index contributed by atoms with van der Waals surface area (Å²) in [4.78, 5) is 18.5. The molecule has 1 aliphatic rings. The van der Waals surface area contributed by atoms with Gasteiger partial charge in [-0.2, -0.15) is 0 Å². The van der Waals surface area contributed by atoms with E-state index in [0.29, 0.717) is 12.5 Å². The molecule has 0 spiro atoms. The number of carbonyl (C=O) groups excluding carboxylic acids is 1. The SMILES string of the molecule is CCC1CCNC(C(=O)N(C)Cc2nccn2C)C1. The Labute approximate surface area is 115 Å². The predicted molar refractivity (Wildman–Crippen MR) is 74.5 cm³/mol. The van der Waals surface area contributed by atoms with E-state index >= 15 is 0 Å². The van der Waals surface area contributed by atoms with E-state index in [1.165, 1.54) is 6.42 Å². The number of carbonyl (C=O) groups is 1. The third-order valence-corrected chi connectivity index (χ3v) is 4.06. The zero-order valence-corrected chi connectivity index (χ0v) is 12.1. The van der Waals surface area contributed by atoms with E-state index in [-0.39, 0.29) is 11.9 Å². The number of likely N-dealkylation sites (N-methyl/N-ethyl adjacent to an activating group) is 1. The first-order valence-electron chi connectivity index (χ1n) is 7.06. The second-order valence-electron chi connectivity index (χ2n) is 5.45. The van der Waals surface area contributed by atoms with Crippen LogP contribution in [0.4, 0.5) is 0 Å². The van der Waals surface area contributed by atoms with Gasteiger partial charge in [0, 0.05) is 26.5 Å². The molecule has 1 N–H and O–H groups in total. The number of piperidine rings is 1. The maximum Gasteiger partial charge on any atom is 0.239 e. The van der Waals surface area contributed by atoms with E-state index < -0.39 is 0 Å². The van der Waals surface area contributed by atoms with Crippen LogP contribution < -0.4 is 5.32 Å². The summed E-state index contributed by atoms with van der Waals surface area (Å²) in [6.45, 7) is 3.72. The first-order valence-corrected chi connectivity index (χ1v) is 7.06. The number of amides is 1. The molecule has 0 aromatic carbocycles. The number of imidazole rings is 1. The first-order chi connectivity index (χ1) is 9.11. The van der Waals surface area contributed by atoms with Gasteiger partial charge in [-0.25, -0.2) is 4.98 Å². The standard InChI is InChI=1S/C14H24N4O/c1-4-11-5-6-15-12(9-11)14(19)18(3)10-13-16-7-8-17(13)2/h7-8,11-12,15H,4-6,9-10H2,1-3H3. The van der Waals surface area contributed by atoms with Crippen molar-refractivity contribution < 1.29 is 4.79 Å². The van der Waals surface area contributed by atoms with Crippen molar-refractivity contribution in [2.24, 2.45) is 13.0 Å². The molecular weight excluding hydrogens is 240 g/mol. The number of aromatic nitrogens is 2. The minimum atomic E-state index is -0.0241. The highest BCUT2D eigenvalue weighted by atomic mass is 16.2. The fourth-order valence-electron chi connectivity index (χ4n) is 2.66. The van der Waals surface area contributed by atoms with Crippen molar-refractivity contribution in [2.75, 3.05) is 13.6 Å². The van der Waals surface area contributed by atoms with Crippen LogP contribution in [0.25, 0.3) is 0 Å². The van der Waals surface area contributed by atoms with Gasteiger partial charge in [0.2, 0.25) is 5.91 Å². The molecule has 5 heteroatoms. The van der Waals surface area contributed by atoms with Gasteiger partial charge < -0.3 is 14.8 Å². The summed E-state index contributed by atoms with van der Waals surface area (Å²) < 4.78 is 1.95. The van der Waals surface area contributed by atoms with Crippen LogP contribution in [0, 0.1) is 5.92 Å². The number of nitrogens with zero attached hydrogens (tertiary/aromatic N) is 3. The molecule has 106 valence electrons. The average Bonchev–Trinajstić information content (AvgIpc) is 2.83. The Morgan fingerprint density at radius 1 is 1.63 bits per heavy atom. The Balaban J connectivity index is 1.93. The van der Waals surface area contributed by atoms with E-state index in [1.54, 1.807) is 11.1 Å². The molecule has 0 aliphatic carbocycles. The first kappa shape index (κ1) is 14.1. The smallest absolute Gasteiger partial charge is 0.239 e. The summed E-state index contributed by atoms with van der Waals surface area (Å²) in [7, 11) is 3.81. The fourth-order valence-corrected chi connectivity index (χ4v) is 2.66. The zero-order valence-electron chi connectivity index (χ0n) is 12.1. The van der Waals surface area contributed by atoms with E-state index in [1.807, 2.05) is 24.9 Å². The third-order valence-electron chi connectivity index (χ3n) is 4.06. The molecule has 1 saturated heterocycles. The van der Waals surface area contributed by atoms with E-state index in [4.69, 9.17) is 0 Å². The van der Waals surface area contributed by atoms with Gasteiger partial charge in [-0.05, 0) is 25.3 Å². The summed E-state index contributed by atoms with van der Waals surface area (Å²) in [6, 6.07) is -0.0241. The second kappa shape index (κ2) is 6.19. The largest absolute Gasteiger partial charge is 0.337 e. The monoisotopic (exact) mass is 264 g/mol. The van der Waals surface area contributed by atoms with Gasteiger partial charge >= 0.3 is 0 Å². The lowest BCUT2D eigenvalue weighted by Gasteiger charge is -2.31. The number of rotatable bonds is 4. The molecule has 19 heavy (non-hydrogen) atoms. The van der Waals surface area contributed by atoms with Gasteiger partial charge in [0.05, 0.1) is 12.6 Å². The molecule has 1 amide bonds. The summed E-state index contributed by atoms with van der Waals surface area (Å²) in [5, 5.41) is 3.34. The molecule has 0 saturated carbocycles. The molecule has 1 aromatic heterocycles. The Morgan fingerprint density at radius 2 is 2.42 bits per heavy atom. The lowest BCUT2D eigenvalue weighted by molar-refractivity contribution is -0.133. The molecule has 5 nitrogen and oxygen atoms in total. The Bertz CT molecular complexity index is 429. The topological polar surface area (TPSA) is 50.2 Å². The molecular formula is C14H24N4O. The Morgan fingerprint density at radius 3 is 3.05 bits per heavy atom. The van der Waals surface area contributed by atoms with Crippen molar-refractivity contribution in [1.29, 1.82) is 0 Å². The minimum Gasteiger partial charge on any atom is -0.337 e. The van der Waals surface area contributed by atoms with Crippen LogP contribution in [-0.4, -0.2) is 40.0 Å². The van der Waals surface area contributed by atoms with Crippen molar-refractivity contribution in [3.63, 3.8) is 0 Å². The molecule has 2 unspecified atom stereocenters. The highest BCUT2D eigenvalue weighted by Crippen LogP contribution is 2.20. The molecule has 1 aliphatic heterocycles. The van der Waals surface area contributed by atoms with E-state index in [9.17, 15) is 4.79 Å². The summed E-state index contributed by atoms with van der Waals surface area (Å²) in [5.74, 6) is 1.77. The Hall–Kier alpha value is -1.36. The minimum absolute atomic E-state index is 0.0241. The summed E-state index contributed by atoms with van der Waals surface area (Å²) >= 11 is 0. The fraction of sp³-hybridized carbons (Fsp3) is 0.714. The zero-order chi connectivity index (χ0) is 13.8. The van der Waals surface area contributed by atoms with Crippen LogP contribution in [-0.2, 0) is 18.4 Å². The van der Waals surface area contributed by atoms with Crippen LogP contribution in [0.2, 0.25) is 0 Å². The highest BCUT2D eigenvalue weighted by molar-refractivity contribution is 5.81. The van der Waals surface area contributed by atoms with Gasteiger partial charge in [-0.3, -0.25) is 4.79 Å². The van der Waals surface area contributed by atoms with Gasteiger partial charge in [-0.15, -0.1) is 0 Å². The lowest BCUT2D eigenvalue weighted by Crippen LogP contribution is -2.49. The molecule has 0 radical (unpaired) electrons. The molecule has 2 heterocycles. The van der Waals surface area contributed by atoms with Gasteiger partial charge in [0.1, 0.15) is 5.82 Å². The lowest BCUT2D eigenvalue weighted by atomic mass is 9.90. The van der Waals surface area contributed by atoms with Gasteiger partial charge in [-0.1, -0.05) is 13.3 Å². The molecule has 1 fully saturated rings. The number of hydrogen-bond donors (Lipinski definition) is 1. The predicted octanol–water partition coefficient (Wildman–Crippen LogP) is 1.16. The number of nitrogens with one attached hydrogen (secondary N) is 1. The normalized spacial score (nSPS) is 23.3. The number of aryl methyl sites for hydroxylation is 1. The molecule has 1 aromatic rings. The van der Waals surface area contributed by atoms with Gasteiger partial charge in [0.15, 0.2) is 0 Å². The van der Waals surface area contributed by atoms with Crippen LogP contribution in [0.1, 0.15) is 32.0 Å². The van der Waals surface area contributed by atoms with Crippen LogP contribution in [0.5, 0.6) is 0 Å². The second-order valence-corrected chi connectivity index (χ2v) is 5.45. The maximum atomic E-state index is 12.4. The van der Waals surface area contributed by atoms with Crippen molar-refractivity contribution in [1.82, 2.24) is 19.8 Å². The maximum absolute atomic E-state index is 12.4. The average molecular weight is 264 g/mol. The number of hydrogen-bond acceptors (Lipinski definition) is 3. The summed E-state index contributed by atoms with van der Waals surface area (Å²) in [6.07, 6.45) is 6.97. The molecule has 2 atom stereocenters. The molecule has 2 rings (SSSR count). The Kier molecular flexibility index (Phi) is 4.58. The van der Waals surface area contributed by atoms with Gasteiger partial charge in [0.25, 0.3) is 0 Å². The van der Waals surface area contributed by atoms with Crippen molar-refractivity contribution in [3.8, 4) is 0 Å². The van der Waals surface area contributed by atoms with Crippen molar-refractivity contribution >= 4 is 5.91 Å². The highest BCUT2D eigenvalue weighted by Gasteiger charge is 2.28. The quantitative estimate of drug-likeness (QED) is 0.887. The van der Waals surface area contributed by atoms with E-state index in [2.05, 4.69) is 17.2 Å². The van der Waals surface area contributed by atoms with Crippen LogP contribution in [0.15, 0.2) is 12.4 Å². The van der Waals surface area contributed by atoms with Crippen molar-refractivity contribution in [2.45, 2.75) is 38.8 Å². The molecule has 0 bridgehead atoms. The van der Waals surface area contributed by atoms with Crippen molar-refractivity contribution in [3.05, 3.63) is 18.2 Å². The third kappa shape index (κ3) is 3.35. The van der Waals surface area contributed by atoms with Crippen LogP contribution >= 0.6 is 0 Å².